The monoisotopic (exact) mass is 346 g/mol. The molecule has 3 aliphatic carbocycles. The van der Waals surface area contributed by atoms with E-state index in [2.05, 4.69) is 6.92 Å². The second-order valence-electron chi connectivity index (χ2n) is 8.64. The summed E-state index contributed by atoms with van der Waals surface area (Å²) in [6, 6.07) is 3.93. The highest BCUT2D eigenvalue weighted by atomic mass is 16.5. The third kappa shape index (κ3) is 2.48. The van der Waals surface area contributed by atoms with E-state index in [1.54, 1.807) is 7.11 Å². The summed E-state index contributed by atoms with van der Waals surface area (Å²) in [5.41, 5.74) is 2.58. The van der Waals surface area contributed by atoms with Gasteiger partial charge in [0.1, 0.15) is 0 Å². The van der Waals surface area contributed by atoms with Crippen LogP contribution in [0.15, 0.2) is 12.1 Å². The predicted octanol–water partition coefficient (Wildman–Crippen LogP) is 3.23. The Kier molecular flexibility index (Phi) is 4.24. The summed E-state index contributed by atoms with van der Waals surface area (Å²) in [5, 5.41) is 30.4. The quantitative estimate of drug-likeness (QED) is 0.786. The molecule has 3 aliphatic rings. The molecule has 25 heavy (non-hydrogen) atoms. The third-order valence-electron chi connectivity index (χ3n) is 7.64. The van der Waals surface area contributed by atoms with Crippen LogP contribution in [0.25, 0.3) is 0 Å². The summed E-state index contributed by atoms with van der Waals surface area (Å²) in [4.78, 5) is 0. The lowest BCUT2D eigenvalue weighted by Crippen LogP contribution is -2.44. The van der Waals surface area contributed by atoms with Gasteiger partial charge in [0.25, 0.3) is 0 Å². The smallest absolute Gasteiger partial charge is 0.160 e. The normalized spacial score (nSPS) is 39.4. The molecular weight excluding hydrogens is 316 g/mol. The van der Waals surface area contributed by atoms with Crippen LogP contribution in [-0.4, -0.2) is 35.1 Å². The van der Waals surface area contributed by atoms with Crippen molar-refractivity contribution in [3.05, 3.63) is 23.3 Å². The van der Waals surface area contributed by atoms with E-state index in [1.807, 2.05) is 12.1 Å². The maximum Gasteiger partial charge on any atom is 0.160 e. The van der Waals surface area contributed by atoms with Gasteiger partial charge in [0.05, 0.1) is 13.2 Å². The van der Waals surface area contributed by atoms with E-state index in [1.165, 1.54) is 11.1 Å². The molecule has 0 aromatic heterocycles. The Morgan fingerprint density at radius 3 is 2.80 bits per heavy atom. The number of benzene rings is 1. The van der Waals surface area contributed by atoms with Gasteiger partial charge in [-0.3, -0.25) is 0 Å². The molecule has 0 radical (unpaired) electrons. The highest BCUT2D eigenvalue weighted by molar-refractivity contribution is 5.49. The first-order valence-corrected chi connectivity index (χ1v) is 9.68. The van der Waals surface area contributed by atoms with Gasteiger partial charge in [-0.1, -0.05) is 6.92 Å². The van der Waals surface area contributed by atoms with Crippen molar-refractivity contribution in [2.45, 2.75) is 57.5 Å². The number of ether oxygens (including phenoxy) is 1. The minimum Gasteiger partial charge on any atom is -0.504 e. The Hall–Kier alpha value is -1.26. The zero-order valence-corrected chi connectivity index (χ0v) is 15.2. The lowest BCUT2D eigenvalue weighted by atomic mass is 9.55. The van der Waals surface area contributed by atoms with Gasteiger partial charge in [-0.2, -0.15) is 0 Å². The first-order chi connectivity index (χ1) is 12.0. The molecule has 4 rings (SSSR count). The summed E-state index contributed by atoms with van der Waals surface area (Å²) >= 11 is 0. The van der Waals surface area contributed by atoms with Crippen molar-refractivity contribution in [3.8, 4) is 11.5 Å². The maximum atomic E-state index is 10.9. The summed E-state index contributed by atoms with van der Waals surface area (Å²) in [5.74, 6) is 2.63. The SMILES string of the molecule is COc1cc2c(cc1O)CCC1C2CC[C@@]2(C)C1CC(CCO)[C@@H]2O. The Bertz CT molecular complexity index is 658. The molecule has 4 unspecified atom stereocenters. The van der Waals surface area contributed by atoms with Crippen LogP contribution in [0.2, 0.25) is 0 Å². The number of fused-ring (bicyclic) bond motifs is 5. The van der Waals surface area contributed by atoms with Gasteiger partial charge in [0.2, 0.25) is 0 Å². The lowest BCUT2D eigenvalue weighted by Gasteiger charge is -2.50. The second kappa shape index (κ2) is 6.17. The number of phenolic OH excluding ortho intramolecular Hbond substituents is 1. The zero-order chi connectivity index (χ0) is 17.8. The van der Waals surface area contributed by atoms with Crippen molar-refractivity contribution in [1.82, 2.24) is 0 Å². The van der Waals surface area contributed by atoms with Crippen LogP contribution in [-0.2, 0) is 6.42 Å². The lowest BCUT2D eigenvalue weighted by molar-refractivity contribution is -0.0346. The highest BCUT2D eigenvalue weighted by Crippen LogP contribution is 2.63. The van der Waals surface area contributed by atoms with Crippen molar-refractivity contribution < 1.29 is 20.1 Å². The van der Waals surface area contributed by atoms with E-state index in [0.717, 1.165) is 32.1 Å². The number of aryl methyl sites for hydroxylation is 1. The number of aromatic hydroxyl groups is 1. The average Bonchev–Trinajstić information content (AvgIpc) is 2.86. The first kappa shape index (κ1) is 17.2. The van der Waals surface area contributed by atoms with Gasteiger partial charge in [-0.25, -0.2) is 0 Å². The number of phenols is 1. The number of hydrogen-bond donors (Lipinski definition) is 3. The molecule has 6 atom stereocenters. The molecule has 2 fully saturated rings. The van der Waals surface area contributed by atoms with Gasteiger partial charge in [0.15, 0.2) is 11.5 Å². The molecule has 4 nitrogen and oxygen atoms in total. The van der Waals surface area contributed by atoms with Crippen LogP contribution >= 0.6 is 0 Å². The van der Waals surface area contributed by atoms with Gasteiger partial charge >= 0.3 is 0 Å². The van der Waals surface area contributed by atoms with E-state index < -0.39 is 0 Å². The molecule has 0 spiro atoms. The summed E-state index contributed by atoms with van der Waals surface area (Å²) in [7, 11) is 1.60. The second-order valence-corrected chi connectivity index (χ2v) is 8.64. The van der Waals surface area contributed by atoms with Crippen LogP contribution in [0.4, 0.5) is 0 Å². The zero-order valence-electron chi connectivity index (χ0n) is 15.2. The minimum atomic E-state index is -0.290. The molecule has 0 amide bonds. The predicted molar refractivity (Wildman–Crippen MR) is 95.9 cm³/mol. The molecule has 1 aromatic carbocycles. The molecular formula is C21H30O4. The van der Waals surface area contributed by atoms with E-state index in [0.29, 0.717) is 29.9 Å². The van der Waals surface area contributed by atoms with Gasteiger partial charge in [-0.15, -0.1) is 0 Å². The largest absolute Gasteiger partial charge is 0.504 e. The molecule has 0 heterocycles. The average molecular weight is 346 g/mol. The highest BCUT2D eigenvalue weighted by Gasteiger charge is 2.57. The fraction of sp³-hybridized carbons (Fsp3) is 0.714. The topological polar surface area (TPSA) is 69.9 Å². The Morgan fingerprint density at radius 2 is 2.08 bits per heavy atom. The van der Waals surface area contributed by atoms with Crippen molar-refractivity contribution >= 4 is 0 Å². The van der Waals surface area contributed by atoms with E-state index >= 15 is 0 Å². The summed E-state index contributed by atoms with van der Waals surface area (Å²) < 4.78 is 5.35. The van der Waals surface area contributed by atoms with Crippen LogP contribution in [0.5, 0.6) is 11.5 Å². The molecule has 2 saturated carbocycles. The van der Waals surface area contributed by atoms with Crippen molar-refractivity contribution in [3.63, 3.8) is 0 Å². The van der Waals surface area contributed by atoms with E-state index in [9.17, 15) is 15.3 Å². The Balaban J connectivity index is 1.67. The summed E-state index contributed by atoms with van der Waals surface area (Å²) in [6.45, 7) is 2.43. The number of aliphatic hydroxyl groups excluding tert-OH is 2. The molecule has 1 aromatic rings. The molecule has 138 valence electrons. The first-order valence-electron chi connectivity index (χ1n) is 9.68. The van der Waals surface area contributed by atoms with Crippen molar-refractivity contribution in [1.29, 1.82) is 0 Å². The molecule has 0 aliphatic heterocycles. The van der Waals surface area contributed by atoms with Gasteiger partial charge in [0, 0.05) is 6.61 Å². The number of methoxy groups -OCH3 is 1. The van der Waals surface area contributed by atoms with Gasteiger partial charge in [-0.05, 0) is 90.9 Å². The standard InChI is InChI=1S/C21H30O4/c1-21-7-5-14-15(17(21)9-13(6-8-22)20(21)24)4-3-12-10-18(23)19(25-2)11-16(12)14/h10-11,13-15,17,20,22-24H,3-9H2,1-2H3/t13?,14?,15?,17?,20-,21-/m0/s1. The Morgan fingerprint density at radius 1 is 1.28 bits per heavy atom. The molecule has 4 heteroatoms. The van der Waals surface area contributed by atoms with Gasteiger partial charge < -0.3 is 20.1 Å². The Labute approximate surface area is 149 Å². The number of hydrogen-bond acceptors (Lipinski definition) is 4. The third-order valence-corrected chi connectivity index (χ3v) is 7.64. The van der Waals surface area contributed by atoms with Crippen LogP contribution in [0.1, 0.15) is 56.1 Å². The fourth-order valence-corrected chi connectivity index (χ4v) is 6.34. The minimum absolute atomic E-state index is 0.0144. The van der Waals surface area contributed by atoms with Crippen molar-refractivity contribution in [2.24, 2.45) is 23.2 Å². The van der Waals surface area contributed by atoms with E-state index in [-0.39, 0.29) is 29.8 Å². The van der Waals surface area contributed by atoms with Crippen LogP contribution in [0, 0.1) is 23.2 Å². The van der Waals surface area contributed by atoms with Crippen LogP contribution in [0.3, 0.4) is 0 Å². The van der Waals surface area contributed by atoms with Crippen LogP contribution < -0.4 is 4.74 Å². The summed E-state index contributed by atoms with van der Waals surface area (Å²) in [6.07, 6.45) is 5.68. The van der Waals surface area contributed by atoms with Crippen molar-refractivity contribution in [2.75, 3.05) is 13.7 Å². The van der Waals surface area contributed by atoms with E-state index in [4.69, 9.17) is 4.74 Å². The maximum absolute atomic E-state index is 10.9. The number of aliphatic hydroxyl groups is 2. The fourth-order valence-electron chi connectivity index (χ4n) is 6.34. The molecule has 0 bridgehead atoms. The molecule has 3 N–H and O–H groups in total. The number of rotatable bonds is 3. The molecule has 0 saturated heterocycles.